The molecular formula is C16H12FNO3. The molecule has 0 spiro atoms. The van der Waals surface area contributed by atoms with Crippen molar-refractivity contribution in [2.24, 2.45) is 0 Å². The Balaban J connectivity index is 2.17. The number of benzene rings is 2. The SMILES string of the molecule is COc1ccc(OCc2ccc(F)c(C#N)c2)c(C=O)c1. The van der Waals surface area contributed by atoms with E-state index in [1.807, 2.05) is 0 Å². The minimum absolute atomic E-state index is 0.0403. The summed E-state index contributed by atoms with van der Waals surface area (Å²) in [7, 11) is 1.51. The average molecular weight is 285 g/mol. The molecule has 21 heavy (non-hydrogen) atoms. The molecule has 106 valence electrons. The standard InChI is InChI=1S/C16H12FNO3/c1-20-14-3-5-16(13(7-14)9-19)21-10-11-2-4-15(17)12(6-11)8-18/h2-7,9H,10H2,1H3. The van der Waals surface area contributed by atoms with Crippen LogP contribution in [0, 0.1) is 17.1 Å². The molecule has 2 aromatic rings. The van der Waals surface area contributed by atoms with E-state index in [-0.39, 0.29) is 12.2 Å². The van der Waals surface area contributed by atoms with Crippen molar-refractivity contribution < 1.29 is 18.7 Å². The molecule has 0 saturated carbocycles. The van der Waals surface area contributed by atoms with Gasteiger partial charge in [0.1, 0.15) is 30.0 Å². The molecule has 0 aliphatic rings. The molecule has 4 nitrogen and oxygen atoms in total. The first-order valence-electron chi connectivity index (χ1n) is 6.12. The van der Waals surface area contributed by atoms with Gasteiger partial charge in [0.15, 0.2) is 6.29 Å². The van der Waals surface area contributed by atoms with E-state index >= 15 is 0 Å². The van der Waals surface area contributed by atoms with Gasteiger partial charge in [0.25, 0.3) is 0 Å². The fraction of sp³-hybridized carbons (Fsp3) is 0.125. The average Bonchev–Trinajstić information content (AvgIpc) is 2.53. The summed E-state index contributed by atoms with van der Waals surface area (Å²) in [5.41, 5.74) is 0.957. The maximum atomic E-state index is 13.2. The van der Waals surface area contributed by atoms with Crippen LogP contribution in [0.25, 0.3) is 0 Å². The molecule has 0 aliphatic heterocycles. The summed E-state index contributed by atoms with van der Waals surface area (Å²) in [5.74, 6) is 0.380. The van der Waals surface area contributed by atoms with Gasteiger partial charge in [-0.1, -0.05) is 6.07 Å². The summed E-state index contributed by atoms with van der Waals surface area (Å²) in [6, 6.07) is 10.8. The van der Waals surface area contributed by atoms with Crippen LogP contribution in [-0.2, 0) is 6.61 Å². The minimum Gasteiger partial charge on any atom is -0.497 e. The van der Waals surface area contributed by atoms with Crippen LogP contribution in [0.2, 0.25) is 0 Å². The number of hydrogen-bond acceptors (Lipinski definition) is 4. The molecule has 0 amide bonds. The van der Waals surface area contributed by atoms with Gasteiger partial charge in [-0.2, -0.15) is 5.26 Å². The van der Waals surface area contributed by atoms with Crippen molar-refractivity contribution >= 4 is 6.29 Å². The van der Waals surface area contributed by atoms with Gasteiger partial charge in [-0.3, -0.25) is 4.79 Å². The maximum Gasteiger partial charge on any atom is 0.153 e. The molecule has 2 aromatic carbocycles. The van der Waals surface area contributed by atoms with E-state index in [1.54, 1.807) is 24.3 Å². The van der Waals surface area contributed by atoms with Gasteiger partial charge in [0, 0.05) is 0 Å². The number of carbonyl (C=O) groups is 1. The summed E-state index contributed by atoms with van der Waals surface area (Å²) < 4.78 is 23.8. The van der Waals surface area contributed by atoms with Crippen molar-refractivity contribution in [2.75, 3.05) is 7.11 Å². The highest BCUT2D eigenvalue weighted by Crippen LogP contribution is 2.23. The van der Waals surface area contributed by atoms with Crippen LogP contribution in [0.3, 0.4) is 0 Å². The zero-order valence-electron chi connectivity index (χ0n) is 11.3. The molecule has 5 heteroatoms. The van der Waals surface area contributed by atoms with Crippen LogP contribution < -0.4 is 9.47 Å². The second-order valence-corrected chi connectivity index (χ2v) is 4.24. The van der Waals surface area contributed by atoms with Crippen molar-refractivity contribution in [1.29, 1.82) is 5.26 Å². The Labute approximate surface area is 121 Å². The van der Waals surface area contributed by atoms with Gasteiger partial charge < -0.3 is 9.47 Å². The Morgan fingerprint density at radius 1 is 1.29 bits per heavy atom. The Morgan fingerprint density at radius 3 is 2.76 bits per heavy atom. The molecule has 0 aromatic heterocycles. The summed E-state index contributed by atoms with van der Waals surface area (Å²) in [5, 5.41) is 8.78. The Morgan fingerprint density at radius 2 is 2.10 bits per heavy atom. The summed E-state index contributed by atoms with van der Waals surface area (Å²) in [6.07, 6.45) is 0.670. The fourth-order valence-electron chi connectivity index (χ4n) is 1.79. The maximum absolute atomic E-state index is 13.2. The van der Waals surface area contributed by atoms with Gasteiger partial charge >= 0.3 is 0 Å². The van der Waals surface area contributed by atoms with Crippen LogP contribution in [0.4, 0.5) is 4.39 Å². The number of methoxy groups -OCH3 is 1. The quantitative estimate of drug-likeness (QED) is 0.792. The van der Waals surface area contributed by atoms with Crippen molar-refractivity contribution in [3.05, 3.63) is 58.9 Å². The van der Waals surface area contributed by atoms with E-state index in [0.29, 0.717) is 28.9 Å². The van der Waals surface area contributed by atoms with E-state index in [0.717, 1.165) is 0 Å². The van der Waals surface area contributed by atoms with Crippen molar-refractivity contribution in [3.8, 4) is 17.6 Å². The molecule has 0 bridgehead atoms. The highest BCUT2D eigenvalue weighted by molar-refractivity contribution is 5.80. The minimum atomic E-state index is -0.570. The molecule has 0 radical (unpaired) electrons. The van der Waals surface area contributed by atoms with Crippen molar-refractivity contribution in [3.63, 3.8) is 0 Å². The smallest absolute Gasteiger partial charge is 0.153 e. The topological polar surface area (TPSA) is 59.3 Å². The molecule has 2 rings (SSSR count). The normalized spacial score (nSPS) is 9.76. The summed E-state index contributed by atoms with van der Waals surface area (Å²) >= 11 is 0. The molecule has 0 aliphatic carbocycles. The monoisotopic (exact) mass is 285 g/mol. The summed E-state index contributed by atoms with van der Waals surface area (Å²) in [6.45, 7) is 0.127. The van der Waals surface area contributed by atoms with E-state index in [1.165, 1.54) is 25.3 Å². The van der Waals surface area contributed by atoms with E-state index in [9.17, 15) is 9.18 Å². The van der Waals surface area contributed by atoms with Crippen LogP contribution in [-0.4, -0.2) is 13.4 Å². The van der Waals surface area contributed by atoms with Gasteiger partial charge in [-0.15, -0.1) is 0 Å². The van der Waals surface area contributed by atoms with Crippen molar-refractivity contribution in [2.45, 2.75) is 6.61 Å². The third kappa shape index (κ3) is 3.37. The predicted octanol–water partition coefficient (Wildman–Crippen LogP) is 3.10. The fourth-order valence-corrected chi connectivity index (χ4v) is 1.79. The third-order valence-electron chi connectivity index (χ3n) is 2.89. The number of carbonyl (C=O) groups excluding carboxylic acids is 1. The first-order chi connectivity index (χ1) is 10.2. The Kier molecular flexibility index (Phi) is 4.52. The molecular weight excluding hydrogens is 273 g/mol. The second kappa shape index (κ2) is 6.53. The van der Waals surface area contributed by atoms with Crippen LogP contribution in [0.15, 0.2) is 36.4 Å². The van der Waals surface area contributed by atoms with Crippen molar-refractivity contribution in [1.82, 2.24) is 0 Å². The van der Waals surface area contributed by atoms with E-state index in [2.05, 4.69) is 0 Å². The number of ether oxygens (including phenoxy) is 2. The Bertz CT molecular complexity index is 707. The molecule has 0 N–H and O–H groups in total. The molecule has 0 saturated heterocycles. The zero-order valence-corrected chi connectivity index (χ0v) is 11.3. The molecule has 0 heterocycles. The lowest BCUT2D eigenvalue weighted by Crippen LogP contribution is -2.00. The summed E-state index contributed by atoms with van der Waals surface area (Å²) in [4.78, 5) is 11.0. The number of nitrogens with zero attached hydrogens (tertiary/aromatic N) is 1. The second-order valence-electron chi connectivity index (χ2n) is 4.24. The zero-order chi connectivity index (χ0) is 15.2. The highest BCUT2D eigenvalue weighted by Gasteiger charge is 2.07. The highest BCUT2D eigenvalue weighted by atomic mass is 19.1. The van der Waals surface area contributed by atoms with E-state index in [4.69, 9.17) is 14.7 Å². The van der Waals surface area contributed by atoms with Gasteiger partial charge in [0.05, 0.1) is 18.2 Å². The van der Waals surface area contributed by atoms with Gasteiger partial charge in [-0.25, -0.2) is 4.39 Å². The number of halogens is 1. The van der Waals surface area contributed by atoms with Gasteiger partial charge in [0.2, 0.25) is 0 Å². The van der Waals surface area contributed by atoms with Crippen LogP contribution >= 0.6 is 0 Å². The Hall–Kier alpha value is -2.87. The van der Waals surface area contributed by atoms with Crippen LogP contribution in [0.5, 0.6) is 11.5 Å². The van der Waals surface area contributed by atoms with E-state index < -0.39 is 5.82 Å². The first kappa shape index (κ1) is 14.5. The lowest BCUT2D eigenvalue weighted by atomic mass is 10.1. The molecule has 0 unspecified atom stereocenters. The number of nitriles is 1. The first-order valence-corrected chi connectivity index (χ1v) is 6.12. The van der Waals surface area contributed by atoms with Crippen LogP contribution in [0.1, 0.15) is 21.5 Å². The number of hydrogen-bond donors (Lipinski definition) is 0. The lowest BCUT2D eigenvalue weighted by Gasteiger charge is -2.10. The lowest BCUT2D eigenvalue weighted by molar-refractivity contribution is 0.111. The number of rotatable bonds is 5. The van der Waals surface area contributed by atoms with Gasteiger partial charge in [-0.05, 0) is 35.9 Å². The third-order valence-corrected chi connectivity index (χ3v) is 2.89. The molecule has 0 atom stereocenters. The largest absolute Gasteiger partial charge is 0.497 e. The molecule has 0 fully saturated rings. The predicted molar refractivity (Wildman–Crippen MR) is 73.8 cm³/mol. The number of aldehydes is 1.